The SMILES string of the molecule is Cc1cc(CN(C)C2CCCNCC2)c2ccccc2n1. The number of aromatic nitrogens is 1. The lowest BCUT2D eigenvalue weighted by atomic mass is 10.0. The summed E-state index contributed by atoms with van der Waals surface area (Å²) in [6, 6.07) is 11.4. The molecule has 1 aromatic carbocycles. The molecular weight excluding hydrogens is 258 g/mol. The molecule has 0 amide bonds. The van der Waals surface area contributed by atoms with Crippen molar-refractivity contribution in [1.82, 2.24) is 15.2 Å². The molecule has 0 radical (unpaired) electrons. The summed E-state index contributed by atoms with van der Waals surface area (Å²) in [5.74, 6) is 0. The van der Waals surface area contributed by atoms with Gasteiger partial charge in [0.2, 0.25) is 0 Å². The van der Waals surface area contributed by atoms with E-state index in [4.69, 9.17) is 0 Å². The number of aryl methyl sites for hydroxylation is 1. The number of rotatable bonds is 3. The van der Waals surface area contributed by atoms with E-state index in [-0.39, 0.29) is 0 Å². The second kappa shape index (κ2) is 6.54. The maximum absolute atomic E-state index is 4.64. The van der Waals surface area contributed by atoms with E-state index in [0.29, 0.717) is 6.04 Å². The maximum Gasteiger partial charge on any atom is 0.0708 e. The van der Waals surface area contributed by atoms with Crippen molar-refractivity contribution >= 4 is 10.9 Å². The van der Waals surface area contributed by atoms with Gasteiger partial charge in [-0.2, -0.15) is 0 Å². The van der Waals surface area contributed by atoms with Crippen LogP contribution in [-0.2, 0) is 6.54 Å². The molecule has 1 N–H and O–H groups in total. The molecule has 1 aromatic heterocycles. The molecular formula is C18H25N3. The molecule has 1 fully saturated rings. The van der Waals surface area contributed by atoms with Gasteiger partial charge in [-0.3, -0.25) is 9.88 Å². The Morgan fingerprint density at radius 3 is 3.00 bits per heavy atom. The number of fused-ring (bicyclic) bond motifs is 1. The third-order valence-corrected chi connectivity index (χ3v) is 4.52. The van der Waals surface area contributed by atoms with Crippen molar-refractivity contribution in [3.63, 3.8) is 0 Å². The van der Waals surface area contributed by atoms with Crippen LogP contribution < -0.4 is 5.32 Å². The highest BCUT2D eigenvalue weighted by Gasteiger charge is 2.17. The van der Waals surface area contributed by atoms with E-state index in [1.807, 2.05) is 0 Å². The highest BCUT2D eigenvalue weighted by atomic mass is 15.1. The Kier molecular flexibility index (Phi) is 4.51. The minimum Gasteiger partial charge on any atom is -0.317 e. The van der Waals surface area contributed by atoms with Crippen LogP contribution in [0.25, 0.3) is 10.9 Å². The van der Waals surface area contributed by atoms with Crippen LogP contribution in [-0.4, -0.2) is 36.1 Å². The van der Waals surface area contributed by atoms with Crippen molar-refractivity contribution in [2.75, 3.05) is 20.1 Å². The first kappa shape index (κ1) is 14.5. The average molecular weight is 283 g/mol. The van der Waals surface area contributed by atoms with E-state index < -0.39 is 0 Å². The zero-order valence-electron chi connectivity index (χ0n) is 13.1. The molecule has 2 aromatic rings. The van der Waals surface area contributed by atoms with E-state index in [9.17, 15) is 0 Å². The quantitative estimate of drug-likeness (QED) is 0.938. The van der Waals surface area contributed by atoms with Gasteiger partial charge in [-0.1, -0.05) is 18.2 Å². The average Bonchev–Trinajstić information content (AvgIpc) is 2.76. The van der Waals surface area contributed by atoms with E-state index in [0.717, 1.165) is 24.3 Å². The zero-order chi connectivity index (χ0) is 14.7. The lowest BCUT2D eigenvalue weighted by Crippen LogP contribution is -2.32. The van der Waals surface area contributed by atoms with E-state index in [1.54, 1.807) is 0 Å². The molecule has 2 heterocycles. The lowest BCUT2D eigenvalue weighted by Gasteiger charge is -2.27. The Balaban J connectivity index is 1.83. The number of hydrogen-bond acceptors (Lipinski definition) is 3. The maximum atomic E-state index is 4.64. The Labute approximate surface area is 127 Å². The number of nitrogens with one attached hydrogen (secondary N) is 1. The number of hydrogen-bond donors (Lipinski definition) is 1. The molecule has 1 aliphatic heterocycles. The van der Waals surface area contributed by atoms with Crippen LogP contribution >= 0.6 is 0 Å². The molecule has 3 nitrogen and oxygen atoms in total. The van der Waals surface area contributed by atoms with Crippen LogP contribution in [0, 0.1) is 6.92 Å². The van der Waals surface area contributed by atoms with Gasteiger partial charge in [0, 0.05) is 23.7 Å². The molecule has 0 bridgehead atoms. The summed E-state index contributed by atoms with van der Waals surface area (Å²) in [7, 11) is 2.26. The fraction of sp³-hybridized carbons (Fsp3) is 0.500. The molecule has 1 saturated heterocycles. The van der Waals surface area contributed by atoms with Crippen LogP contribution in [0.1, 0.15) is 30.5 Å². The van der Waals surface area contributed by atoms with Gasteiger partial charge in [0.1, 0.15) is 0 Å². The minimum absolute atomic E-state index is 0.687. The van der Waals surface area contributed by atoms with Crippen LogP contribution in [0.5, 0.6) is 0 Å². The largest absolute Gasteiger partial charge is 0.317 e. The summed E-state index contributed by atoms with van der Waals surface area (Å²) in [5.41, 5.74) is 3.63. The predicted octanol–water partition coefficient (Wildman–Crippen LogP) is 3.12. The van der Waals surface area contributed by atoms with Crippen LogP contribution in [0.3, 0.4) is 0 Å². The summed E-state index contributed by atoms with van der Waals surface area (Å²) in [5, 5.41) is 4.79. The molecule has 0 aliphatic carbocycles. The molecule has 0 saturated carbocycles. The summed E-state index contributed by atoms with van der Waals surface area (Å²) in [6.07, 6.45) is 3.83. The number of pyridine rings is 1. The molecule has 1 atom stereocenters. The third-order valence-electron chi connectivity index (χ3n) is 4.52. The van der Waals surface area contributed by atoms with Crippen LogP contribution in [0.2, 0.25) is 0 Å². The second-order valence-corrected chi connectivity index (χ2v) is 6.19. The minimum atomic E-state index is 0.687. The topological polar surface area (TPSA) is 28.2 Å². The second-order valence-electron chi connectivity index (χ2n) is 6.19. The molecule has 1 unspecified atom stereocenters. The number of para-hydroxylation sites is 1. The predicted molar refractivity (Wildman–Crippen MR) is 88.5 cm³/mol. The van der Waals surface area contributed by atoms with Gasteiger partial charge in [0.25, 0.3) is 0 Å². The molecule has 3 rings (SSSR count). The fourth-order valence-corrected chi connectivity index (χ4v) is 3.36. The van der Waals surface area contributed by atoms with E-state index in [1.165, 1.54) is 36.8 Å². The van der Waals surface area contributed by atoms with Gasteiger partial charge in [-0.05, 0) is 64.0 Å². The fourth-order valence-electron chi connectivity index (χ4n) is 3.36. The highest BCUT2D eigenvalue weighted by molar-refractivity contribution is 5.82. The monoisotopic (exact) mass is 283 g/mol. The third kappa shape index (κ3) is 3.42. The molecule has 21 heavy (non-hydrogen) atoms. The molecule has 1 aliphatic rings. The first-order valence-electron chi connectivity index (χ1n) is 8.00. The van der Waals surface area contributed by atoms with Gasteiger partial charge in [-0.15, -0.1) is 0 Å². The summed E-state index contributed by atoms with van der Waals surface area (Å²) in [4.78, 5) is 7.16. The van der Waals surface area contributed by atoms with Gasteiger partial charge < -0.3 is 5.32 Å². The van der Waals surface area contributed by atoms with Gasteiger partial charge >= 0.3 is 0 Å². The smallest absolute Gasteiger partial charge is 0.0708 e. The Morgan fingerprint density at radius 2 is 2.10 bits per heavy atom. The van der Waals surface area contributed by atoms with Gasteiger partial charge in [-0.25, -0.2) is 0 Å². The van der Waals surface area contributed by atoms with Crippen molar-refractivity contribution in [2.45, 2.75) is 38.8 Å². The van der Waals surface area contributed by atoms with Crippen molar-refractivity contribution in [3.8, 4) is 0 Å². The van der Waals surface area contributed by atoms with Crippen LogP contribution in [0.15, 0.2) is 30.3 Å². The number of benzene rings is 1. The van der Waals surface area contributed by atoms with Crippen molar-refractivity contribution in [1.29, 1.82) is 0 Å². The van der Waals surface area contributed by atoms with Crippen molar-refractivity contribution < 1.29 is 0 Å². The summed E-state index contributed by atoms with van der Waals surface area (Å²) in [6.45, 7) is 5.41. The molecule has 3 heteroatoms. The van der Waals surface area contributed by atoms with Gasteiger partial charge in [0.15, 0.2) is 0 Å². The molecule has 0 spiro atoms. The van der Waals surface area contributed by atoms with Gasteiger partial charge in [0.05, 0.1) is 5.52 Å². The summed E-state index contributed by atoms with van der Waals surface area (Å²) >= 11 is 0. The van der Waals surface area contributed by atoms with Crippen LogP contribution in [0.4, 0.5) is 0 Å². The molecule has 112 valence electrons. The Hall–Kier alpha value is -1.45. The highest BCUT2D eigenvalue weighted by Crippen LogP contribution is 2.22. The first-order chi connectivity index (χ1) is 10.2. The van der Waals surface area contributed by atoms with Crippen molar-refractivity contribution in [3.05, 3.63) is 41.6 Å². The lowest BCUT2D eigenvalue weighted by molar-refractivity contribution is 0.217. The normalized spacial score (nSPS) is 19.9. The Bertz CT molecular complexity index is 600. The van der Waals surface area contributed by atoms with Crippen molar-refractivity contribution in [2.24, 2.45) is 0 Å². The first-order valence-corrected chi connectivity index (χ1v) is 8.00. The standard InChI is InChI=1S/C18H25N3/c1-14-12-15(17-7-3-4-8-18(17)20-14)13-21(2)16-6-5-10-19-11-9-16/h3-4,7-8,12,16,19H,5-6,9-11,13H2,1-2H3. The number of nitrogens with zero attached hydrogens (tertiary/aromatic N) is 2. The summed E-state index contributed by atoms with van der Waals surface area (Å²) < 4.78 is 0. The van der Waals surface area contributed by atoms with E-state index in [2.05, 4.69) is 59.5 Å². The van der Waals surface area contributed by atoms with E-state index >= 15 is 0 Å². The zero-order valence-corrected chi connectivity index (χ0v) is 13.1. The Morgan fingerprint density at radius 1 is 1.24 bits per heavy atom.